The molecule has 104 valence electrons. The maximum Gasteiger partial charge on any atom is 0.335 e. The van der Waals surface area contributed by atoms with Crippen molar-refractivity contribution >= 4 is 21.9 Å². The van der Waals surface area contributed by atoms with Crippen LogP contribution >= 0.6 is 15.9 Å². The van der Waals surface area contributed by atoms with Crippen molar-refractivity contribution in [2.24, 2.45) is 0 Å². The number of aromatic carboxylic acids is 1. The molecule has 2 aromatic rings. The van der Waals surface area contributed by atoms with Crippen LogP contribution in [-0.2, 0) is 6.61 Å². The maximum absolute atomic E-state index is 10.9. The van der Waals surface area contributed by atoms with Crippen molar-refractivity contribution in [3.63, 3.8) is 0 Å². The summed E-state index contributed by atoms with van der Waals surface area (Å²) >= 11 is 3.38. The number of benzene rings is 2. The molecule has 0 fully saturated rings. The van der Waals surface area contributed by atoms with Gasteiger partial charge >= 0.3 is 5.97 Å². The Morgan fingerprint density at radius 1 is 1.20 bits per heavy atom. The third-order valence-electron chi connectivity index (χ3n) is 3.08. The lowest BCUT2D eigenvalue weighted by molar-refractivity contribution is 0.0696. The van der Waals surface area contributed by atoms with Gasteiger partial charge in [-0.25, -0.2) is 4.79 Å². The number of para-hydroxylation sites is 1. The monoisotopic (exact) mass is 334 g/mol. The molecule has 0 aliphatic rings. The smallest absolute Gasteiger partial charge is 0.335 e. The molecule has 0 unspecified atom stereocenters. The quantitative estimate of drug-likeness (QED) is 0.904. The molecule has 0 aliphatic carbocycles. The molecule has 20 heavy (non-hydrogen) atoms. The van der Waals surface area contributed by atoms with Crippen molar-refractivity contribution in [2.75, 3.05) is 0 Å². The van der Waals surface area contributed by atoms with Gasteiger partial charge in [0.05, 0.1) is 5.56 Å². The summed E-state index contributed by atoms with van der Waals surface area (Å²) in [6.07, 6.45) is 0. The van der Waals surface area contributed by atoms with Gasteiger partial charge in [0.15, 0.2) is 0 Å². The summed E-state index contributed by atoms with van der Waals surface area (Å²) in [4.78, 5) is 10.9. The minimum atomic E-state index is -0.937. The van der Waals surface area contributed by atoms with Crippen LogP contribution in [0.5, 0.6) is 5.75 Å². The molecule has 4 heteroatoms. The van der Waals surface area contributed by atoms with Gasteiger partial charge in [0, 0.05) is 10.0 Å². The van der Waals surface area contributed by atoms with Crippen LogP contribution in [0.3, 0.4) is 0 Å². The average molecular weight is 335 g/mol. The fourth-order valence-electron chi connectivity index (χ4n) is 1.97. The summed E-state index contributed by atoms with van der Waals surface area (Å²) in [5.74, 6) is -0.0605. The van der Waals surface area contributed by atoms with Crippen molar-refractivity contribution in [2.45, 2.75) is 20.5 Å². The molecule has 0 aliphatic heterocycles. The highest BCUT2D eigenvalue weighted by Crippen LogP contribution is 2.25. The third-order valence-corrected chi connectivity index (χ3v) is 3.82. The molecule has 0 saturated carbocycles. The molecular weight excluding hydrogens is 320 g/mol. The topological polar surface area (TPSA) is 46.5 Å². The second-order valence-electron chi connectivity index (χ2n) is 4.62. The van der Waals surface area contributed by atoms with Crippen LogP contribution < -0.4 is 4.74 Å². The Hall–Kier alpha value is -1.81. The summed E-state index contributed by atoms with van der Waals surface area (Å²) < 4.78 is 6.60. The number of hydrogen-bond donors (Lipinski definition) is 1. The van der Waals surface area contributed by atoms with Crippen LogP contribution in [0.25, 0.3) is 0 Å². The summed E-state index contributed by atoms with van der Waals surface area (Å²) in [7, 11) is 0. The number of carboxylic acids is 1. The van der Waals surface area contributed by atoms with Crippen LogP contribution in [0.4, 0.5) is 0 Å². The van der Waals surface area contributed by atoms with E-state index in [1.54, 1.807) is 18.2 Å². The predicted octanol–water partition coefficient (Wildman–Crippen LogP) is 4.34. The van der Waals surface area contributed by atoms with E-state index in [0.29, 0.717) is 6.61 Å². The van der Waals surface area contributed by atoms with E-state index in [1.807, 2.05) is 32.0 Å². The van der Waals surface area contributed by atoms with E-state index in [0.717, 1.165) is 26.9 Å². The zero-order chi connectivity index (χ0) is 14.7. The Kier molecular flexibility index (Phi) is 4.45. The molecule has 0 atom stereocenters. The lowest BCUT2D eigenvalue weighted by Gasteiger charge is -2.13. The Morgan fingerprint density at radius 3 is 2.40 bits per heavy atom. The number of carboxylic acid groups (broad SMARTS) is 1. The minimum absolute atomic E-state index is 0.257. The number of carbonyl (C=O) groups is 1. The zero-order valence-corrected chi connectivity index (χ0v) is 12.9. The lowest BCUT2D eigenvalue weighted by atomic mass is 10.1. The summed E-state index contributed by atoms with van der Waals surface area (Å²) in [5.41, 5.74) is 3.34. The van der Waals surface area contributed by atoms with Gasteiger partial charge in [0.2, 0.25) is 0 Å². The van der Waals surface area contributed by atoms with Crippen molar-refractivity contribution in [1.29, 1.82) is 0 Å². The fourth-order valence-corrected chi connectivity index (χ4v) is 2.47. The number of ether oxygens (including phenoxy) is 1. The van der Waals surface area contributed by atoms with Crippen LogP contribution in [0.2, 0.25) is 0 Å². The minimum Gasteiger partial charge on any atom is -0.488 e. The van der Waals surface area contributed by atoms with Gasteiger partial charge in [-0.3, -0.25) is 0 Å². The Labute approximate surface area is 126 Å². The van der Waals surface area contributed by atoms with Crippen molar-refractivity contribution in [1.82, 2.24) is 0 Å². The van der Waals surface area contributed by atoms with Crippen molar-refractivity contribution < 1.29 is 14.6 Å². The van der Waals surface area contributed by atoms with E-state index in [-0.39, 0.29) is 5.56 Å². The SMILES string of the molecule is Cc1cccc(C)c1OCc1ccc(C(=O)O)cc1Br. The first-order valence-electron chi connectivity index (χ1n) is 6.20. The second kappa shape index (κ2) is 6.09. The third kappa shape index (κ3) is 3.20. The molecule has 0 radical (unpaired) electrons. The highest BCUT2D eigenvalue weighted by atomic mass is 79.9. The van der Waals surface area contributed by atoms with Gasteiger partial charge in [0.1, 0.15) is 12.4 Å². The van der Waals surface area contributed by atoms with Crippen LogP contribution in [0, 0.1) is 13.8 Å². The normalized spacial score (nSPS) is 10.3. The van der Waals surface area contributed by atoms with E-state index in [1.165, 1.54) is 0 Å². The molecule has 3 nitrogen and oxygen atoms in total. The van der Waals surface area contributed by atoms with Gasteiger partial charge in [-0.15, -0.1) is 0 Å². The molecule has 0 saturated heterocycles. The van der Waals surface area contributed by atoms with Crippen LogP contribution in [0.15, 0.2) is 40.9 Å². The highest BCUT2D eigenvalue weighted by molar-refractivity contribution is 9.10. The summed E-state index contributed by atoms with van der Waals surface area (Å²) in [5, 5.41) is 8.93. The first kappa shape index (κ1) is 14.6. The standard InChI is InChI=1S/C16H15BrO3/c1-10-4-3-5-11(2)15(10)20-9-13-7-6-12(16(18)19)8-14(13)17/h3-8H,9H2,1-2H3,(H,18,19). The van der Waals surface area contributed by atoms with E-state index in [9.17, 15) is 4.79 Å². The number of hydrogen-bond acceptors (Lipinski definition) is 2. The zero-order valence-electron chi connectivity index (χ0n) is 11.3. The number of aryl methyl sites for hydroxylation is 2. The molecular formula is C16H15BrO3. The Bertz CT molecular complexity index is 630. The molecule has 0 aromatic heterocycles. The highest BCUT2D eigenvalue weighted by Gasteiger charge is 2.09. The van der Waals surface area contributed by atoms with Gasteiger partial charge in [-0.2, -0.15) is 0 Å². The van der Waals surface area contributed by atoms with E-state index < -0.39 is 5.97 Å². The Morgan fingerprint density at radius 2 is 1.85 bits per heavy atom. The molecule has 2 aromatic carbocycles. The van der Waals surface area contributed by atoms with E-state index in [2.05, 4.69) is 15.9 Å². The molecule has 1 N–H and O–H groups in total. The lowest BCUT2D eigenvalue weighted by Crippen LogP contribution is -2.02. The van der Waals surface area contributed by atoms with Gasteiger partial charge in [0.25, 0.3) is 0 Å². The van der Waals surface area contributed by atoms with Crippen molar-refractivity contribution in [3.05, 3.63) is 63.1 Å². The largest absolute Gasteiger partial charge is 0.488 e. The van der Waals surface area contributed by atoms with Gasteiger partial charge < -0.3 is 9.84 Å². The predicted molar refractivity (Wildman–Crippen MR) is 81.3 cm³/mol. The van der Waals surface area contributed by atoms with E-state index >= 15 is 0 Å². The first-order chi connectivity index (χ1) is 9.49. The Balaban J connectivity index is 2.17. The maximum atomic E-state index is 10.9. The molecule has 0 amide bonds. The summed E-state index contributed by atoms with van der Waals surface area (Å²) in [6.45, 7) is 4.40. The van der Waals surface area contributed by atoms with Crippen molar-refractivity contribution in [3.8, 4) is 5.75 Å². The first-order valence-corrected chi connectivity index (χ1v) is 6.99. The molecule has 2 rings (SSSR count). The second-order valence-corrected chi connectivity index (χ2v) is 5.48. The van der Waals surface area contributed by atoms with Gasteiger partial charge in [-0.05, 0) is 37.1 Å². The van der Waals surface area contributed by atoms with Gasteiger partial charge in [-0.1, -0.05) is 40.2 Å². The average Bonchev–Trinajstić information content (AvgIpc) is 2.39. The molecule has 0 spiro atoms. The fraction of sp³-hybridized carbons (Fsp3) is 0.188. The van der Waals surface area contributed by atoms with Crippen LogP contribution in [-0.4, -0.2) is 11.1 Å². The summed E-state index contributed by atoms with van der Waals surface area (Å²) in [6, 6.07) is 10.9. The number of rotatable bonds is 4. The van der Waals surface area contributed by atoms with Crippen LogP contribution in [0.1, 0.15) is 27.0 Å². The molecule has 0 bridgehead atoms. The van der Waals surface area contributed by atoms with E-state index in [4.69, 9.17) is 9.84 Å². The number of halogens is 1. The molecule has 0 heterocycles.